The molecular weight excluding hydrogens is 278 g/mol. The van der Waals surface area contributed by atoms with Crippen LogP contribution in [-0.2, 0) is 4.74 Å². The Morgan fingerprint density at radius 3 is 3.16 bits per heavy atom. The number of thiophene rings is 1. The number of hydrogen-bond donors (Lipinski definition) is 0. The first kappa shape index (κ1) is 11.6. The summed E-state index contributed by atoms with van der Waals surface area (Å²) in [5.74, 6) is 0.948. The summed E-state index contributed by atoms with van der Waals surface area (Å²) in [6.07, 6.45) is 0. The largest absolute Gasteiger partial charge is 0.490 e. The van der Waals surface area contributed by atoms with Crippen LogP contribution in [0.4, 0.5) is 0 Å². The van der Waals surface area contributed by atoms with Crippen molar-refractivity contribution in [3.8, 4) is 5.75 Å². The van der Waals surface area contributed by atoms with Gasteiger partial charge in [0, 0.05) is 11.5 Å². The van der Waals surface area contributed by atoms with Crippen molar-refractivity contribution < 1.29 is 9.47 Å². The molecule has 4 rings (SSSR count). The average molecular weight is 291 g/mol. The predicted molar refractivity (Wildman–Crippen MR) is 79.6 cm³/mol. The molecule has 19 heavy (non-hydrogen) atoms. The van der Waals surface area contributed by atoms with Crippen molar-refractivity contribution in [2.45, 2.75) is 19.4 Å². The highest BCUT2D eigenvalue weighted by Crippen LogP contribution is 2.39. The van der Waals surface area contributed by atoms with Gasteiger partial charge in [-0.2, -0.15) is 0 Å². The maximum Gasteiger partial charge on any atom is 0.129 e. The lowest BCUT2D eigenvalue weighted by Crippen LogP contribution is -2.16. The molecule has 1 saturated heterocycles. The monoisotopic (exact) mass is 291 g/mol. The third-order valence-corrected chi connectivity index (χ3v) is 5.18. The number of rotatable bonds is 3. The number of thiazole rings is 1. The molecule has 0 spiro atoms. The van der Waals surface area contributed by atoms with E-state index in [4.69, 9.17) is 9.47 Å². The maximum atomic E-state index is 5.98. The first-order valence-electron chi connectivity index (χ1n) is 6.19. The van der Waals surface area contributed by atoms with Crippen molar-refractivity contribution in [3.05, 3.63) is 22.5 Å². The summed E-state index contributed by atoms with van der Waals surface area (Å²) >= 11 is 3.44. The Labute approximate surface area is 118 Å². The molecule has 3 heterocycles. The minimum atomic E-state index is -0.0824. The van der Waals surface area contributed by atoms with E-state index in [0.29, 0.717) is 6.61 Å². The second-order valence-electron chi connectivity index (χ2n) is 5.14. The highest BCUT2D eigenvalue weighted by Gasteiger charge is 2.40. The van der Waals surface area contributed by atoms with Crippen molar-refractivity contribution >= 4 is 43.0 Å². The Morgan fingerprint density at radius 2 is 2.37 bits per heavy atom. The molecule has 0 saturated carbocycles. The SMILES string of the molecule is Cc1nc2c(cc(OCC3(C)CO3)c3ccsc32)s1. The topological polar surface area (TPSA) is 34.6 Å². The summed E-state index contributed by atoms with van der Waals surface area (Å²) in [7, 11) is 0. The third-order valence-electron chi connectivity index (χ3n) is 3.34. The van der Waals surface area contributed by atoms with Gasteiger partial charge < -0.3 is 9.47 Å². The number of hydrogen-bond acceptors (Lipinski definition) is 5. The fourth-order valence-electron chi connectivity index (χ4n) is 2.14. The van der Waals surface area contributed by atoms with Crippen molar-refractivity contribution in [2.75, 3.05) is 13.2 Å². The van der Waals surface area contributed by atoms with Crippen molar-refractivity contribution in [1.29, 1.82) is 0 Å². The van der Waals surface area contributed by atoms with Crippen molar-refractivity contribution in [1.82, 2.24) is 4.98 Å². The summed E-state index contributed by atoms with van der Waals surface area (Å²) in [6, 6.07) is 4.22. The van der Waals surface area contributed by atoms with E-state index < -0.39 is 0 Å². The molecule has 98 valence electrons. The molecule has 1 unspecified atom stereocenters. The Morgan fingerprint density at radius 1 is 1.53 bits per heavy atom. The van der Waals surface area contributed by atoms with Crippen LogP contribution in [0.15, 0.2) is 17.5 Å². The van der Waals surface area contributed by atoms with Gasteiger partial charge >= 0.3 is 0 Å². The molecule has 0 aliphatic carbocycles. The molecule has 1 aliphatic heterocycles. The first-order chi connectivity index (χ1) is 9.15. The van der Waals surface area contributed by atoms with Gasteiger partial charge in [-0.15, -0.1) is 22.7 Å². The van der Waals surface area contributed by atoms with Crippen molar-refractivity contribution in [2.24, 2.45) is 0 Å². The van der Waals surface area contributed by atoms with Gasteiger partial charge in [0.15, 0.2) is 0 Å². The molecule has 5 heteroatoms. The lowest BCUT2D eigenvalue weighted by atomic mass is 10.2. The molecular formula is C14H13NO2S2. The summed E-state index contributed by atoms with van der Waals surface area (Å²) < 4.78 is 13.8. The van der Waals surface area contributed by atoms with E-state index in [1.807, 2.05) is 6.92 Å². The van der Waals surface area contributed by atoms with Gasteiger partial charge in [-0.25, -0.2) is 4.98 Å². The minimum Gasteiger partial charge on any atom is -0.490 e. The van der Waals surface area contributed by atoms with Gasteiger partial charge in [0.1, 0.15) is 18.0 Å². The number of nitrogens with zero attached hydrogens (tertiary/aromatic N) is 1. The van der Waals surface area contributed by atoms with Gasteiger partial charge in [0.25, 0.3) is 0 Å². The summed E-state index contributed by atoms with van der Waals surface area (Å²) in [4.78, 5) is 4.62. The van der Waals surface area contributed by atoms with Crippen LogP contribution in [0.1, 0.15) is 11.9 Å². The van der Waals surface area contributed by atoms with Gasteiger partial charge in [0.05, 0.1) is 26.5 Å². The molecule has 0 bridgehead atoms. The number of epoxide rings is 1. The molecule has 0 N–H and O–H groups in total. The average Bonchev–Trinajstić information content (AvgIpc) is 2.79. The number of aryl methyl sites for hydroxylation is 1. The van der Waals surface area contributed by atoms with E-state index in [1.165, 1.54) is 9.40 Å². The molecule has 1 fully saturated rings. The smallest absolute Gasteiger partial charge is 0.129 e. The first-order valence-corrected chi connectivity index (χ1v) is 7.88. The zero-order valence-electron chi connectivity index (χ0n) is 10.7. The molecule has 0 radical (unpaired) electrons. The molecule has 2 aromatic heterocycles. The summed E-state index contributed by atoms with van der Waals surface area (Å²) in [5.41, 5.74) is 1.02. The molecule has 3 aromatic rings. The Kier molecular flexibility index (Phi) is 2.40. The quantitative estimate of drug-likeness (QED) is 0.684. The zero-order valence-corrected chi connectivity index (χ0v) is 12.4. The van der Waals surface area contributed by atoms with Gasteiger partial charge in [0.2, 0.25) is 0 Å². The molecule has 1 aliphatic rings. The second-order valence-corrected chi connectivity index (χ2v) is 7.30. The predicted octanol–water partition coefficient (Wildman–Crippen LogP) is 3.99. The van der Waals surface area contributed by atoms with Gasteiger partial charge in [-0.1, -0.05) is 0 Å². The molecule has 0 amide bonds. The summed E-state index contributed by atoms with van der Waals surface area (Å²) in [6.45, 7) is 5.53. The highest BCUT2D eigenvalue weighted by molar-refractivity contribution is 7.21. The van der Waals surface area contributed by atoms with Crippen LogP contribution in [0.3, 0.4) is 0 Å². The molecule has 3 nitrogen and oxygen atoms in total. The van der Waals surface area contributed by atoms with E-state index in [-0.39, 0.29) is 5.60 Å². The summed E-state index contributed by atoms with van der Waals surface area (Å²) in [5, 5.41) is 4.35. The standard InChI is InChI=1S/C14H13NO2S2/c1-8-15-12-11(19-8)5-10(9-3-4-18-13(9)12)16-6-14(2)7-17-14/h3-5H,6-7H2,1-2H3. The number of ether oxygens (including phenoxy) is 2. The highest BCUT2D eigenvalue weighted by atomic mass is 32.1. The maximum absolute atomic E-state index is 5.98. The molecule has 1 aromatic carbocycles. The van der Waals surface area contributed by atoms with Crippen LogP contribution in [-0.4, -0.2) is 23.8 Å². The van der Waals surface area contributed by atoms with E-state index in [9.17, 15) is 0 Å². The van der Waals surface area contributed by atoms with Crippen LogP contribution >= 0.6 is 22.7 Å². The van der Waals surface area contributed by atoms with E-state index in [1.54, 1.807) is 22.7 Å². The number of fused-ring (bicyclic) bond motifs is 3. The van der Waals surface area contributed by atoms with E-state index >= 15 is 0 Å². The lowest BCUT2D eigenvalue weighted by Gasteiger charge is -2.10. The van der Waals surface area contributed by atoms with Crippen LogP contribution in [0.25, 0.3) is 20.3 Å². The minimum absolute atomic E-state index is 0.0824. The van der Waals surface area contributed by atoms with Crippen LogP contribution in [0, 0.1) is 6.92 Å². The Hall–Kier alpha value is -1.17. The van der Waals surface area contributed by atoms with Gasteiger partial charge in [-0.05, 0) is 25.3 Å². The fraction of sp³-hybridized carbons (Fsp3) is 0.357. The van der Waals surface area contributed by atoms with E-state index in [0.717, 1.165) is 28.3 Å². The van der Waals surface area contributed by atoms with Gasteiger partial charge in [-0.3, -0.25) is 0 Å². The second kappa shape index (κ2) is 3.91. The Bertz CT molecular complexity index is 770. The van der Waals surface area contributed by atoms with Crippen LogP contribution in [0.2, 0.25) is 0 Å². The Balaban J connectivity index is 1.84. The van der Waals surface area contributed by atoms with Crippen LogP contribution in [0.5, 0.6) is 5.75 Å². The zero-order chi connectivity index (χ0) is 13.0. The number of aromatic nitrogens is 1. The van der Waals surface area contributed by atoms with E-state index in [2.05, 4.69) is 29.4 Å². The van der Waals surface area contributed by atoms with Crippen molar-refractivity contribution in [3.63, 3.8) is 0 Å². The molecule has 1 atom stereocenters. The fourth-order valence-corrected chi connectivity index (χ4v) is 3.98. The number of benzene rings is 1. The lowest BCUT2D eigenvalue weighted by molar-refractivity contribution is 0.204. The van der Waals surface area contributed by atoms with Crippen LogP contribution < -0.4 is 4.74 Å². The third kappa shape index (κ3) is 1.93. The normalized spacial score (nSPS) is 22.2.